The van der Waals surface area contributed by atoms with Crippen LogP contribution in [0.25, 0.3) is 0 Å². The van der Waals surface area contributed by atoms with Crippen LogP contribution in [0.2, 0.25) is 0 Å². The Morgan fingerprint density at radius 2 is 1.74 bits per heavy atom. The summed E-state index contributed by atoms with van der Waals surface area (Å²) in [5.41, 5.74) is 2.79. The van der Waals surface area contributed by atoms with E-state index in [1.165, 1.54) is 5.56 Å². The third kappa shape index (κ3) is 4.56. The summed E-state index contributed by atoms with van der Waals surface area (Å²) >= 11 is 0. The van der Waals surface area contributed by atoms with Crippen molar-refractivity contribution in [1.82, 2.24) is 5.32 Å². The van der Waals surface area contributed by atoms with Crippen LogP contribution in [0.1, 0.15) is 62.3 Å². The van der Waals surface area contributed by atoms with Crippen LogP contribution in [0.15, 0.2) is 53.4 Å². The first-order valence-electron chi connectivity index (χ1n) is 9.57. The first kappa shape index (κ1) is 21.9. The zero-order chi connectivity index (χ0) is 18.8. The van der Waals surface area contributed by atoms with Gasteiger partial charge in [0.25, 0.3) is 0 Å². The Morgan fingerprint density at radius 1 is 1.07 bits per heavy atom. The molecular formula is C22H30ClNO2S. The van der Waals surface area contributed by atoms with Crippen LogP contribution < -0.4 is 5.32 Å². The number of hydrogen-bond acceptors (Lipinski definition) is 3. The van der Waals surface area contributed by atoms with Crippen molar-refractivity contribution in [3.05, 3.63) is 65.2 Å². The molecule has 0 aromatic heterocycles. The van der Waals surface area contributed by atoms with Crippen LogP contribution in [-0.2, 0) is 9.84 Å². The van der Waals surface area contributed by atoms with Gasteiger partial charge in [-0.1, -0.05) is 74.7 Å². The molecule has 1 heterocycles. The van der Waals surface area contributed by atoms with Crippen LogP contribution >= 0.6 is 12.4 Å². The average Bonchev–Trinajstić information content (AvgIpc) is 2.74. The van der Waals surface area contributed by atoms with E-state index in [1.54, 1.807) is 6.07 Å². The highest BCUT2D eigenvalue weighted by atomic mass is 35.5. The lowest BCUT2D eigenvalue weighted by Gasteiger charge is -2.36. The topological polar surface area (TPSA) is 46.2 Å². The van der Waals surface area contributed by atoms with Crippen molar-refractivity contribution in [3.8, 4) is 0 Å². The molecule has 148 valence electrons. The van der Waals surface area contributed by atoms with Gasteiger partial charge in [0, 0.05) is 5.54 Å². The lowest BCUT2D eigenvalue weighted by Crippen LogP contribution is -2.50. The van der Waals surface area contributed by atoms with Crippen molar-refractivity contribution < 1.29 is 8.42 Å². The molecule has 0 spiro atoms. The molecule has 1 N–H and O–H groups in total. The molecule has 2 unspecified atom stereocenters. The van der Waals surface area contributed by atoms with Gasteiger partial charge < -0.3 is 0 Å². The van der Waals surface area contributed by atoms with E-state index in [-0.39, 0.29) is 24.2 Å². The van der Waals surface area contributed by atoms with Crippen molar-refractivity contribution in [1.29, 1.82) is 0 Å². The number of sulfone groups is 1. The van der Waals surface area contributed by atoms with Crippen molar-refractivity contribution >= 4 is 22.2 Å². The zero-order valence-corrected chi connectivity index (χ0v) is 18.0. The second-order valence-corrected chi connectivity index (χ2v) is 9.48. The fourth-order valence-corrected chi connectivity index (χ4v) is 6.08. The predicted molar refractivity (Wildman–Crippen MR) is 114 cm³/mol. The molecule has 3 rings (SSSR count). The van der Waals surface area contributed by atoms with E-state index < -0.39 is 15.4 Å². The molecule has 2 aromatic carbocycles. The number of unbranched alkanes of at least 4 members (excludes halogenated alkanes) is 1. The minimum atomic E-state index is -3.34. The van der Waals surface area contributed by atoms with E-state index in [4.69, 9.17) is 0 Å². The average molecular weight is 408 g/mol. The van der Waals surface area contributed by atoms with Crippen molar-refractivity contribution in [2.24, 2.45) is 0 Å². The summed E-state index contributed by atoms with van der Waals surface area (Å²) in [6.45, 7) is 6.32. The summed E-state index contributed by atoms with van der Waals surface area (Å²) in [6.07, 6.45) is 3.75. The van der Waals surface area contributed by atoms with Crippen LogP contribution in [0.4, 0.5) is 0 Å². The molecule has 0 fully saturated rings. The maximum atomic E-state index is 13.2. The molecule has 2 atom stereocenters. The number of rotatable bonds is 5. The van der Waals surface area contributed by atoms with Crippen LogP contribution in [0.3, 0.4) is 0 Å². The van der Waals surface area contributed by atoms with Gasteiger partial charge in [0.2, 0.25) is 0 Å². The minimum absolute atomic E-state index is 0. The molecule has 1 aliphatic heterocycles. The normalized spacial score (nSPS) is 23.7. The van der Waals surface area contributed by atoms with Gasteiger partial charge in [0.05, 0.1) is 16.7 Å². The van der Waals surface area contributed by atoms with Gasteiger partial charge in [-0.15, -0.1) is 12.4 Å². The smallest absolute Gasteiger partial charge is 0.180 e. The first-order valence-corrected chi connectivity index (χ1v) is 11.2. The highest BCUT2D eigenvalue weighted by molar-refractivity contribution is 7.91. The zero-order valence-electron chi connectivity index (χ0n) is 16.4. The van der Waals surface area contributed by atoms with E-state index >= 15 is 0 Å². The molecule has 1 aliphatic rings. The van der Waals surface area contributed by atoms with E-state index in [2.05, 4.69) is 50.4 Å². The summed E-state index contributed by atoms with van der Waals surface area (Å²) in [5.74, 6) is 0.163. The summed E-state index contributed by atoms with van der Waals surface area (Å²) < 4.78 is 26.4. The van der Waals surface area contributed by atoms with E-state index in [0.29, 0.717) is 4.90 Å². The highest BCUT2D eigenvalue weighted by Crippen LogP contribution is 2.37. The maximum absolute atomic E-state index is 13.2. The maximum Gasteiger partial charge on any atom is 0.180 e. The fourth-order valence-electron chi connectivity index (χ4n) is 3.93. The Labute approximate surface area is 169 Å². The number of benzene rings is 2. The molecule has 0 radical (unpaired) electrons. The number of halogens is 1. The third-order valence-corrected chi connectivity index (χ3v) is 7.55. The predicted octanol–water partition coefficient (Wildman–Crippen LogP) is 5.22. The lowest BCUT2D eigenvalue weighted by atomic mass is 9.88. The number of fused-ring (bicyclic) bond motifs is 1. The SMILES string of the molecule is CCCCC1(CC)CS(=O)(=O)c2ccccc2C(c2ccc(C)cc2)N1.Cl. The number of aryl methyl sites for hydroxylation is 1. The Kier molecular flexibility index (Phi) is 7.12. The molecule has 0 amide bonds. The van der Waals surface area contributed by atoms with Crippen LogP contribution in [0.5, 0.6) is 0 Å². The van der Waals surface area contributed by atoms with Crippen molar-refractivity contribution in [2.45, 2.75) is 62.9 Å². The van der Waals surface area contributed by atoms with E-state index in [0.717, 1.165) is 36.8 Å². The Hall–Kier alpha value is -1.36. The summed E-state index contributed by atoms with van der Waals surface area (Å²) in [7, 11) is -3.34. The largest absolute Gasteiger partial charge is 0.300 e. The minimum Gasteiger partial charge on any atom is -0.300 e. The van der Waals surface area contributed by atoms with Gasteiger partial charge in [-0.05, 0) is 37.0 Å². The standard InChI is InChI=1S/C22H29NO2S.ClH/c1-4-6-15-22(5-2)16-26(24,25)20-10-8-7-9-19(20)21(23-22)18-13-11-17(3)12-14-18;/h7-14,21,23H,4-6,15-16H2,1-3H3;1H. The highest BCUT2D eigenvalue weighted by Gasteiger charge is 2.41. The van der Waals surface area contributed by atoms with E-state index in [9.17, 15) is 8.42 Å². The van der Waals surface area contributed by atoms with Gasteiger partial charge in [0.15, 0.2) is 9.84 Å². The molecule has 3 nitrogen and oxygen atoms in total. The summed E-state index contributed by atoms with van der Waals surface area (Å²) in [5, 5.41) is 3.78. The van der Waals surface area contributed by atoms with Crippen LogP contribution in [-0.4, -0.2) is 19.7 Å². The number of hydrogen-bond donors (Lipinski definition) is 1. The van der Waals surface area contributed by atoms with Crippen LogP contribution in [0, 0.1) is 6.92 Å². The quantitative estimate of drug-likeness (QED) is 0.738. The molecule has 5 heteroatoms. The monoisotopic (exact) mass is 407 g/mol. The van der Waals surface area contributed by atoms with Gasteiger partial charge in [0.1, 0.15) is 0 Å². The summed E-state index contributed by atoms with van der Waals surface area (Å²) in [6, 6.07) is 15.8. The lowest BCUT2D eigenvalue weighted by molar-refractivity contribution is 0.295. The fraction of sp³-hybridized carbons (Fsp3) is 0.455. The van der Waals surface area contributed by atoms with Gasteiger partial charge in [-0.3, -0.25) is 5.32 Å². The number of nitrogens with one attached hydrogen (secondary N) is 1. The summed E-state index contributed by atoms with van der Waals surface area (Å²) in [4.78, 5) is 0.477. The first-order chi connectivity index (χ1) is 12.4. The second-order valence-electron chi connectivity index (χ2n) is 7.52. The van der Waals surface area contributed by atoms with Gasteiger partial charge >= 0.3 is 0 Å². The second kappa shape index (κ2) is 8.76. The Balaban J connectivity index is 0.00000261. The molecular weight excluding hydrogens is 378 g/mol. The molecule has 0 saturated carbocycles. The van der Waals surface area contributed by atoms with Gasteiger partial charge in [-0.25, -0.2) is 8.42 Å². The van der Waals surface area contributed by atoms with Crippen molar-refractivity contribution in [2.75, 3.05) is 5.75 Å². The molecule has 27 heavy (non-hydrogen) atoms. The Morgan fingerprint density at radius 3 is 2.37 bits per heavy atom. The molecule has 0 bridgehead atoms. The molecule has 2 aromatic rings. The third-order valence-electron chi connectivity index (χ3n) is 5.58. The van der Waals surface area contributed by atoms with Gasteiger partial charge in [-0.2, -0.15) is 0 Å². The molecule has 0 aliphatic carbocycles. The Bertz CT molecular complexity index is 864. The van der Waals surface area contributed by atoms with E-state index in [1.807, 2.05) is 18.2 Å². The van der Waals surface area contributed by atoms with Crippen molar-refractivity contribution in [3.63, 3.8) is 0 Å². The molecule has 0 saturated heterocycles.